The van der Waals surface area contributed by atoms with Crippen LogP contribution in [0.3, 0.4) is 0 Å². The van der Waals surface area contributed by atoms with Gasteiger partial charge in [0.15, 0.2) is 0 Å². The first-order chi connectivity index (χ1) is 21.9. The highest BCUT2D eigenvalue weighted by molar-refractivity contribution is 6.35. The molecule has 4 aromatic carbocycles. The largest absolute Gasteiger partial charge is 0.360 e. The van der Waals surface area contributed by atoms with Crippen molar-refractivity contribution >= 4 is 34.8 Å². The number of carbonyl (C=O) groups is 1. The Balaban J connectivity index is 1.16. The third-order valence-corrected chi connectivity index (χ3v) is 9.89. The van der Waals surface area contributed by atoms with E-state index in [1.165, 1.54) is 31.2 Å². The summed E-state index contributed by atoms with van der Waals surface area (Å²) in [6.07, 6.45) is 6.43. The summed E-state index contributed by atoms with van der Waals surface area (Å²) in [5, 5.41) is 13.1. The van der Waals surface area contributed by atoms with Gasteiger partial charge in [0.1, 0.15) is 6.61 Å². The number of benzene rings is 4. The quantitative estimate of drug-likeness (QED) is 0.209. The van der Waals surface area contributed by atoms with Crippen LogP contribution in [0.1, 0.15) is 61.1 Å². The van der Waals surface area contributed by atoms with Crippen LogP contribution in [0.25, 0.3) is 11.1 Å². The molecule has 5 nitrogen and oxygen atoms in total. The first-order valence-corrected chi connectivity index (χ1v) is 16.5. The molecule has 45 heavy (non-hydrogen) atoms. The Labute approximate surface area is 275 Å². The van der Waals surface area contributed by atoms with Crippen LogP contribution in [0, 0.1) is 11.3 Å². The van der Waals surface area contributed by atoms with Crippen LogP contribution >= 0.6 is 23.2 Å². The van der Waals surface area contributed by atoms with Gasteiger partial charge in [-0.25, -0.2) is 0 Å². The lowest BCUT2D eigenvalue weighted by Gasteiger charge is -2.46. The van der Waals surface area contributed by atoms with Gasteiger partial charge in [-0.2, -0.15) is 5.26 Å². The van der Waals surface area contributed by atoms with E-state index in [9.17, 15) is 10.1 Å². The lowest BCUT2D eigenvalue weighted by Crippen LogP contribution is -2.49. The number of likely N-dealkylation sites (tertiary alicyclic amines) is 1. The fraction of sp³-hybridized carbons (Fsp3) is 0.316. The van der Waals surface area contributed by atoms with Crippen molar-refractivity contribution in [1.82, 2.24) is 4.90 Å². The van der Waals surface area contributed by atoms with Crippen molar-refractivity contribution in [2.75, 3.05) is 25.0 Å². The Kier molecular flexibility index (Phi) is 9.88. The summed E-state index contributed by atoms with van der Waals surface area (Å²) in [5.74, 6) is 0.397. The van der Waals surface area contributed by atoms with Gasteiger partial charge in [0, 0.05) is 34.9 Å². The average molecular weight is 639 g/mol. The fourth-order valence-electron chi connectivity index (χ4n) is 7.03. The first kappa shape index (κ1) is 31.3. The molecule has 1 aliphatic carbocycles. The van der Waals surface area contributed by atoms with Crippen molar-refractivity contribution in [1.29, 1.82) is 5.26 Å². The van der Waals surface area contributed by atoms with Gasteiger partial charge in [-0.3, -0.25) is 4.79 Å². The van der Waals surface area contributed by atoms with Crippen LogP contribution in [0.2, 0.25) is 10.0 Å². The fourth-order valence-corrected chi connectivity index (χ4v) is 7.55. The Morgan fingerprint density at radius 3 is 2.20 bits per heavy atom. The van der Waals surface area contributed by atoms with Gasteiger partial charge < -0.3 is 15.0 Å². The summed E-state index contributed by atoms with van der Waals surface area (Å²) in [6.45, 7) is 1.74. The molecule has 0 bridgehead atoms. The molecule has 0 atom stereocenters. The van der Waals surface area contributed by atoms with Gasteiger partial charge in [-0.15, -0.1) is 0 Å². The molecule has 2 fully saturated rings. The van der Waals surface area contributed by atoms with Gasteiger partial charge >= 0.3 is 0 Å². The molecular formula is C38H37Cl2N3O2. The molecule has 0 radical (unpaired) electrons. The number of amides is 1. The van der Waals surface area contributed by atoms with E-state index in [2.05, 4.69) is 70.9 Å². The zero-order valence-corrected chi connectivity index (χ0v) is 26.7. The van der Waals surface area contributed by atoms with Crippen molar-refractivity contribution in [2.45, 2.75) is 56.1 Å². The van der Waals surface area contributed by atoms with Crippen molar-refractivity contribution < 1.29 is 9.53 Å². The highest BCUT2D eigenvalue weighted by Gasteiger charge is 2.40. The molecule has 1 heterocycles. The summed E-state index contributed by atoms with van der Waals surface area (Å²) in [6, 6.07) is 34.7. The second-order valence-corrected chi connectivity index (χ2v) is 13.1. The molecule has 4 aromatic rings. The first-order valence-electron chi connectivity index (χ1n) is 15.7. The SMILES string of the molecule is N#Cc1cccc(-c2ccc(C3(OCC(=O)Nc4cc(Cl)cc(Cl)c4)CCN(C4CCC(c5ccccc5)CC4)CC3)cc2)c1. The van der Waals surface area contributed by atoms with E-state index in [0.717, 1.165) is 42.6 Å². The van der Waals surface area contributed by atoms with Crippen LogP contribution in [0.4, 0.5) is 5.69 Å². The summed E-state index contributed by atoms with van der Waals surface area (Å²) >= 11 is 12.3. The van der Waals surface area contributed by atoms with Gasteiger partial charge in [0.2, 0.25) is 5.91 Å². The Morgan fingerprint density at radius 2 is 1.53 bits per heavy atom. The van der Waals surface area contributed by atoms with Crippen molar-refractivity contribution in [2.24, 2.45) is 0 Å². The minimum atomic E-state index is -0.589. The van der Waals surface area contributed by atoms with E-state index in [4.69, 9.17) is 27.9 Å². The monoisotopic (exact) mass is 637 g/mol. The van der Waals surface area contributed by atoms with Gasteiger partial charge in [-0.05, 0) is 97.0 Å². The van der Waals surface area contributed by atoms with E-state index in [0.29, 0.717) is 33.3 Å². The molecule has 1 saturated heterocycles. The smallest absolute Gasteiger partial charge is 0.250 e. The molecule has 1 saturated carbocycles. The maximum absolute atomic E-state index is 13.1. The molecule has 0 aromatic heterocycles. The predicted molar refractivity (Wildman–Crippen MR) is 182 cm³/mol. The molecule has 7 heteroatoms. The zero-order valence-electron chi connectivity index (χ0n) is 25.2. The minimum absolute atomic E-state index is 0.0850. The number of nitriles is 1. The van der Waals surface area contributed by atoms with Crippen molar-refractivity contribution in [3.8, 4) is 17.2 Å². The number of anilines is 1. The molecule has 230 valence electrons. The van der Waals surface area contributed by atoms with Crippen LogP contribution in [-0.2, 0) is 15.1 Å². The Hall–Kier alpha value is -3.66. The number of rotatable bonds is 8. The van der Waals surface area contributed by atoms with Crippen molar-refractivity contribution in [3.63, 3.8) is 0 Å². The maximum Gasteiger partial charge on any atom is 0.250 e. The summed E-state index contributed by atoms with van der Waals surface area (Å²) < 4.78 is 6.60. The van der Waals surface area contributed by atoms with Gasteiger partial charge in [0.05, 0.1) is 17.2 Å². The zero-order chi connectivity index (χ0) is 31.2. The van der Waals surface area contributed by atoms with Gasteiger partial charge in [-0.1, -0.05) is 89.9 Å². The molecule has 1 N–H and O–H groups in total. The Bertz CT molecular complexity index is 1630. The predicted octanol–water partition coefficient (Wildman–Crippen LogP) is 9.20. The third kappa shape index (κ3) is 7.60. The molecule has 0 spiro atoms. The lowest BCUT2D eigenvalue weighted by atomic mass is 9.79. The second-order valence-electron chi connectivity index (χ2n) is 12.2. The second kappa shape index (κ2) is 14.2. The van der Waals surface area contributed by atoms with Crippen LogP contribution < -0.4 is 5.32 Å². The van der Waals surface area contributed by atoms with E-state index in [1.807, 2.05) is 24.3 Å². The van der Waals surface area contributed by atoms with E-state index < -0.39 is 5.60 Å². The minimum Gasteiger partial charge on any atom is -0.360 e. The number of nitrogens with one attached hydrogen (secondary N) is 1. The standard InChI is InChI=1S/C38H37Cl2N3O2/c39-33-22-34(40)24-35(23-33)42-37(44)26-45-38(32-13-9-30(10-14-32)31-8-4-5-27(21-31)25-41)17-19-43(20-18-38)36-15-11-29(12-16-36)28-6-2-1-3-7-28/h1-10,13-14,21-24,29,36H,11-12,15-20,26H2,(H,42,44). The van der Waals surface area contributed by atoms with Gasteiger partial charge in [0.25, 0.3) is 0 Å². The maximum atomic E-state index is 13.1. The number of piperidine rings is 1. The molecule has 1 aliphatic heterocycles. The van der Waals surface area contributed by atoms with E-state index in [-0.39, 0.29) is 12.5 Å². The number of hydrogen-bond acceptors (Lipinski definition) is 4. The highest BCUT2D eigenvalue weighted by atomic mass is 35.5. The number of carbonyl (C=O) groups excluding carboxylic acids is 1. The number of ether oxygens (including phenoxy) is 1. The summed E-state index contributed by atoms with van der Waals surface area (Å²) in [7, 11) is 0. The molecule has 6 rings (SSSR count). The van der Waals surface area contributed by atoms with Crippen LogP contribution in [-0.4, -0.2) is 36.5 Å². The lowest BCUT2D eigenvalue weighted by molar-refractivity contribution is -0.136. The summed E-state index contributed by atoms with van der Waals surface area (Å²) in [4.78, 5) is 15.7. The topological polar surface area (TPSA) is 65.4 Å². The third-order valence-electron chi connectivity index (χ3n) is 9.45. The van der Waals surface area contributed by atoms with E-state index in [1.54, 1.807) is 18.2 Å². The number of halogens is 2. The highest BCUT2D eigenvalue weighted by Crippen LogP contribution is 2.41. The molecule has 0 unspecified atom stereocenters. The number of nitrogens with zero attached hydrogens (tertiary/aromatic N) is 2. The van der Waals surface area contributed by atoms with Crippen LogP contribution in [0.15, 0.2) is 97.1 Å². The Morgan fingerprint density at radius 1 is 0.844 bits per heavy atom. The molecular weight excluding hydrogens is 601 g/mol. The molecule has 2 aliphatic rings. The molecule has 1 amide bonds. The average Bonchev–Trinajstić information content (AvgIpc) is 3.08. The van der Waals surface area contributed by atoms with Crippen LogP contribution in [0.5, 0.6) is 0 Å². The normalized spacial score (nSPS) is 19.8. The summed E-state index contributed by atoms with van der Waals surface area (Å²) in [5.41, 5.74) is 5.14. The number of hydrogen-bond donors (Lipinski definition) is 1. The van der Waals surface area contributed by atoms with E-state index >= 15 is 0 Å². The van der Waals surface area contributed by atoms with Crippen molar-refractivity contribution in [3.05, 3.63) is 124 Å².